The summed E-state index contributed by atoms with van der Waals surface area (Å²) in [5.41, 5.74) is 1.01. The first kappa shape index (κ1) is 13.8. The summed E-state index contributed by atoms with van der Waals surface area (Å²) in [4.78, 5) is 13.0. The zero-order chi connectivity index (χ0) is 12.7. The number of halogens is 1. The molecule has 1 aliphatic heterocycles. The molecule has 0 unspecified atom stereocenters. The Morgan fingerprint density at radius 3 is 2.59 bits per heavy atom. The van der Waals surface area contributed by atoms with E-state index in [4.69, 9.17) is 5.11 Å². The molecule has 0 radical (unpaired) electrons. The zero-order valence-corrected chi connectivity index (χ0v) is 10.0. The van der Waals surface area contributed by atoms with Gasteiger partial charge in [-0.1, -0.05) is 12.1 Å². The maximum Gasteiger partial charge on any atom is 0.153 e. The largest absolute Gasteiger partial charge is 0.400 e. The van der Waals surface area contributed by atoms with E-state index in [0.29, 0.717) is 12.8 Å². The van der Waals surface area contributed by atoms with E-state index in [-0.39, 0.29) is 5.56 Å². The molecule has 3 nitrogen and oxygen atoms in total. The van der Waals surface area contributed by atoms with Crippen LogP contribution in [0.3, 0.4) is 0 Å². The molecular weight excluding hydrogens is 221 g/mol. The minimum absolute atomic E-state index is 0.212. The van der Waals surface area contributed by atoms with Gasteiger partial charge in [-0.25, -0.2) is 4.39 Å². The summed E-state index contributed by atoms with van der Waals surface area (Å²) < 4.78 is 13.3. The van der Waals surface area contributed by atoms with Crippen molar-refractivity contribution >= 4 is 6.29 Å². The third-order valence-electron chi connectivity index (χ3n) is 2.85. The van der Waals surface area contributed by atoms with Gasteiger partial charge in [0.15, 0.2) is 6.29 Å². The lowest BCUT2D eigenvalue weighted by Gasteiger charge is -2.15. The molecular formula is C13H18FNO2. The minimum Gasteiger partial charge on any atom is -0.400 e. The van der Waals surface area contributed by atoms with Gasteiger partial charge in [-0.3, -0.25) is 9.69 Å². The zero-order valence-electron chi connectivity index (χ0n) is 10.0. The lowest BCUT2D eigenvalue weighted by molar-refractivity contribution is 0.111. The van der Waals surface area contributed by atoms with E-state index in [1.54, 1.807) is 6.07 Å². The predicted molar refractivity (Wildman–Crippen MR) is 64.4 cm³/mol. The van der Waals surface area contributed by atoms with Gasteiger partial charge < -0.3 is 5.11 Å². The van der Waals surface area contributed by atoms with Crippen LogP contribution >= 0.6 is 0 Å². The van der Waals surface area contributed by atoms with Gasteiger partial charge in [-0.15, -0.1) is 0 Å². The second-order valence-corrected chi connectivity index (χ2v) is 3.91. The molecule has 0 amide bonds. The van der Waals surface area contributed by atoms with Gasteiger partial charge in [0.1, 0.15) is 5.82 Å². The number of likely N-dealkylation sites (tertiary alicyclic amines) is 1. The summed E-state index contributed by atoms with van der Waals surface area (Å²) in [7, 11) is 1.00. The number of benzene rings is 1. The SMILES string of the molecule is CO.O=Cc1c(F)cccc1CN1CCCC1. The molecule has 0 saturated carbocycles. The average molecular weight is 239 g/mol. The van der Waals surface area contributed by atoms with E-state index >= 15 is 0 Å². The topological polar surface area (TPSA) is 40.5 Å². The highest BCUT2D eigenvalue weighted by molar-refractivity contribution is 5.77. The number of carbonyl (C=O) groups is 1. The lowest BCUT2D eigenvalue weighted by atomic mass is 10.1. The van der Waals surface area contributed by atoms with E-state index in [2.05, 4.69) is 4.90 Å². The van der Waals surface area contributed by atoms with Gasteiger partial charge in [0.2, 0.25) is 0 Å². The Morgan fingerprint density at radius 2 is 2.00 bits per heavy atom. The molecule has 0 spiro atoms. The highest BCUT2D eigenvalue weighted by Crippen LogP contribution is 2.17. The van der Waals surface area contributed by atoms with Crippen LogP contribution in [0.4, 0.5) is 4.39 Å². The highest BCUT2D eigenvalue weighted by Gasteiger charge is 2.14. The van der Waals surface area contributed by atoms with Crippen LogP contribution in [0.5, 0.6) is 0 Å². The van der Waals surface area contributed by atoms with Crippen LogP contribution in [0.15, 0.2) is 18.2 Å². The molecule has 0 atom stereocenters. The monoisotopic (exact) mass is 239 g/mol. The maximum absolute atomic E-state index is 13.3. The van der Waals surface area contributed by atoms with E-state index in [1.165, 1.54) is 18.9 Å². The highest BCUT2D eigenvalue weighted by atomic mass is 19.1. The second kappa shape index (κ2) is 7.14. The molecule has 0 bridgehead atoms. The number of hydrogen-bond donors (Lipinski definition) is 1. The Labute approximate surface area is 101 Å². The summed E-state index contributed by atoms with van der Waals surface area (Å²) in [5.74, 6) is -0.415. The van der Waals surface area contributed by atoms with Crippen LogP contribution in [0.25, 0.3) is 0 Å². The van der Waals surface area contributed by atoms with Gasteiger partial charge in [0.05, 0.1) is 5.56 Å². The van der Waals surface area contributed by atoms with Crippen LogP contribution in [-0.2, 0) is 6.54 Å². The fourth-order valence-corrected chi connectivity index (χ4v) is 2.03. The van der Waals surface area contributed by atoms with Crippen LogP contribution < -0.4 is 0 Å². The summed E-state index contributed by atoms with van der Waals surface area (Å²) in [6, 6.07) is 4.82. The van der Waals surface area contributed by atoms with Crippen LogP contribution in [0, 0.1) is 5.82 Å². The molecule has 0 aliphatic carbocycles. The van der Waals surface area contributed by atoms with E-state index in [0.717, 1.165) is 25.8 Å². The number of aliphatic hydroxyl groups excluding tert-OH is 1. The summed E-state index contributed by atoms with van der Waals surface area (Å²) in [5, 5.41) is 7.00. The summed E-state index contributed by atoms with van der Waals surface area (Å²) in [6.07, 6.45) is 3.01. The summed E-state index contributed by atoms with van der Waals surface area (Å²) >= 11 is 0. The lowest BCUT2D eigenvalue weighted by Crippen LogP contribution is -2.19. The number of carbonyl (C=O) groups excluding carboxylic acids is 1. The number of rotatable bonds is 3. The van der Waals surface area contributed by atoms with Crippen molar-refractivity contribution in [2.75, 3.05) is 20.2 Å². The van der Waals surface area contributed by atoms with Gasteiger partial charge in [-0.2, -0.15) is 0 Å². The normalized spacial score (nSPS) is 15.2. The Kier molecular flexibility index (Phi) is 5.80. The molecule has 1 fully saturated rings. The van der Waals surface area contributed by atoms with Crippen molar-refractivity contribution in [3.05, 3.63) is 35.1 Å². The molecule has 4 heteroatoms. The quantitative estimate of drug-likeness (QED) is 0.818. The van der Waals surface area contributed by atoms with Crippen molar-refractivity contribution in [3.8, 4) is 0 Å². The fourth-order valence-electron chi connectivity index (χ4n) is 2.03. The average Bonchev–Trinajstić information content (AvgIpc) is 2.85. The Morgan fingerprint density at radius 1 is 1.35 bits per heavy atom. The van der Waals surface area contributed by atoms with Crippen LogP contribution in [0.1, 0.15) is 28.8 Å². The number of nitrogens with zero attached hydrogens (tertiary/aromatic N) is 1. The van der Waals surface area contributed by atoms with Gasteiger partial charge in [-0.05, 0) is 37.6 Å². The standard InChI is InChI=1S/C12H14FNO.CH4O/c13-12-5-3-4-10(11(12)9-15)8-14-6-1-2-7-14;1-2/h3-5,9H,1-2,6-8H2;2H,1H3. The molecule has 1 aromatic rings. The smallest absolute Gasteiger partial charge is 0.153 e. The van der Waals surface area contributed by atoms with Crippen molar-refractivity contribution in [1.82, 2.24) is 4.90 Å². The fraction of sp³-hybridized carbons (Fsp3) is 0.462. The molecule has 17 heavy (non-hydrogen) atoms. The molecule has 0 aromatic heterocycles. The molecule has 1 aromatic carbocycles. The van der Waals surface area contributed by atoms with Crippen LogP contribution in [-0.4, -0.2) is 36.5 Å². The van der Waals surface area contributed by atoms with Gasteiger partial charge in [0.25, 0.3) is 0 Å². The number of aldehydes is 1. The number of aliphatic hydroxyl groups is 1. The van der Waals surface area contributed by atoms with Crippen molar-refractivity contribution in [2.24, 2.45) is 0 Å². The Bertz CT molecular complexity index is 362. The van der Waals surface area contributed by atoms with Gasteiger partial charge >= 0.3 is 0 Å². The first-order valence-corrected chi connectivity index (χ1v) is 5.71. The maximum atomic E-state index is 13.3. The third kappa shape index (κ3) is 3.61. The first-order valence-electron chi connectivity index (χ1n) is 5.71. The molecule has 1 N–H and O–H groups in total. The van der Waals surface area contributed by atoms with Crippen molar-refractivity contribution in [2.45, 2.75) is 19.4 Å². The first-order chi connectivity index (χ1) is 8.31. The van der Waals surface area contributed by atoms with Crippen molar-refractivity contribution < 1.29 is 14.3 Å². The van der Waals surface area contributed by atoms with E-state index < -0.39 is 5.82 Å². The number of hydrogen-bond acceptors (Lipinski definition) is 3. The Hall–Kier alpha value is -1.26. The summed E-state index contributed by atoms with van der Waals surface area (Å²) in [6.45, 7) is 2.79. The molecule has 2 rings (SSSR count). The van der Waals surface area contributed by atoms with Crippen molar-refractivity contribution in [1.29, 1.82) is 0 Å². The minimum atomic E-state index is -0.415. The van der Waals surface area contributed by atoms with Gasteiger partial charge in [0, 0.05) is 13.7 Å². The second-order valence-electron chi connectivity index (χ2n) is 3.91. The molecule has 94 valence electrons. The van der Waals surface area contributed by atoms with E-state index in [9.17, 15) is 9.18 Å². The molecule has 1 heterocycles. The molecule has 1 saturated heterocycles. The van der Waals surface area contributed by atoms with Crippen molar-refractivity contribution in [3.63, 3.8) is 0 Å². The third-order valence-corrected chi connectivity index (χ3v) is 2.85. The van der Waals surface area contributed by atoms with Crippen LogP contribution in [0.2, 0.25) is 0 Å². The predicted octanol–water partition coefficient (Wildman–Crippen LogP) is 1.84. The van der Waals surface area contributed by atoms with E-state index in [1.807, 2.05) is 6.07 Å². The Balaban J connectivity index is 0.000000686. The molecule has 1 aliphatic rings.